The third-order valence-corrected chi connectivity index (χ3v) is 1.69. The fraction of sp³-hybridized carbons (Fsp3) is 0.222. The quantitative estimate of drug-likeness (QED) is 0.441. The number of benzene rings is 1. The number of aliphatic hydroxyl groups excluding tert-OH is 1. The van der Waals surface area contributed by atoms with Crippen molar-refractivity contribution >= 4 is 11.6 Å². The van der Waals surface area contributed by atoms with E-state index in [0.29, 0.717) is 11.3 Å². The molecule has 0 fully saturated rings. The Morgan fingerprint density at radius 1 is 1.47 bits per heavy atom. The molecule has 0 atom stereocenters. The lowest BCUT2D eigenvalue weighted by Gasteiger charge is -2.02. The molecule has 1 aromatic rings. The summed E-state index contributed by atoms with van der Waals surface area (Å²) in [5.41, 5.74) is 9.08. The molecule has 1 rings (SSSR count). The van der Waals surface area contributed by atoms with Crippen molar-refractivity contribution in [3.8, 4) is 0 Å². The first-order chi connectivity index (χ1) is 7.27. The summed E-state index contributed by atoms with van der Waals surface area (Å²) >= 11 is 0. The summed E-state index contributed by atoms with van der Waals surface area (Å²) in [5.74, 6) is -0.267. The molecule has 6 heteroatoms. The van der Waals surface area contributed by atoms with E-state index in [1.807, 2.05) is 0 Å². The van der Waals surface area contributed by atoms with Gasteiger partial charge < -0.3 is 10.4 Å². The minimum atomic E-state index is -0.267. The standard InChI is InChI=1S/C9H10N4O2/c10-13-12-8-3-1-7(2-4-8)9(15)11-5-6-14/h1-4,14H,5-6H2,(H,11,15). The average Bonchev–Trinajstić information content (AvgIpc) is 2.27. The molecule has 0 aliphatic rings. The zero-order chi connectivity index (χ0) is 11.1. The third kappa shape index (κ3) is 3.30. The van der Waals surface area contributed by atoms with Crippen LogP contribution >= 0.6 is 0 Å². The Morgan fingerprint density at radius 2 is 2.13 bits per heavy atom. The molecule has 0 saturated heterocycles. The van der Waals surface area contributed by atoms with E-state index in [4.69, 9.17) is 10.6 Å². The molecule has 15 heavy (non-hydrogen) atoms. The van der Waals surface area contributed by atoms with Gasteiger partial charge in [0.1, 0.15) is 0 Å². The number of amides is 1. The number of hydrogen-bond donors (Lipinski definition) is 2. The number of carbonyl (C=O) groups is 1. The Bertz CT molecular complexity index is 382. The zero-order valence-electron chi connectivity index (χ0n) is 7.92. The fourth-order valence-corrected chi connectivity index (χ4v) is 1.00. The van der Waals surface area contributed by atoms with Crippen LogP contribution in [-0.2, 0) is 0 Å². The topological polar surface area (TPSA) is 98.1 Å². The number of azide groups is 1. The van der Waals surface area contributed by atoms with Gasteiger partial charge in [0.25, 0.3) is 5.91 Å². The van der Waals surface area contributed by atoms with Crippen molar-refractivity contribution in [3.05, 3.63) is 40.3 Å². The molecule has 1 aromatic carbocycles. The second kappa shape index (κ2) is 5.64. The molecule has 1 amide bonds. The molecule has 0 saturated carbocycles. The highest BCUT2D eigenvalue weighted by molar-refractivity contribution is 5.94. The first-order valence-corrected chi connectivity index (χ1v) is 4.32. The monoisotopic (exact) mass is 206 g/mol. The molecule has 0 aromatic heterocycles. The Balaban J connectivity index is 2.70. The van der Waals surface area contributed by atoms with Crippen molar-refractivity contribution in [2.45, 2.75) is 0 Å². The molecule has 6 nitrogen and oxygen atoms in total. The Labute approximate surface area is 86.2 Å². The molecule has 2 N–H and O–H groups in total. The van der Waals surface area contributed by atoms with Crippen LogP contribution in [0, 0.1) is 0 Å². The summed E-state index contributed by atoms with van der Waals surface area (Å²) in [5, 5.41) is 14.4. The number of carbonyl (C=O) groups excluding carboxylic acids is 1. The molecule has 0 aliphatic heterocycles. The van der Waals surface area contributed by atoms with Gasteiger partial charge in [-0.3, -0.25) is 4.79 Å². The van der Waals surface area contributed by atoms with Gasteiger partial charge in [0.2, 0.25) is 0 Å². The molecule has 0 unspecified atom stereocenters. The van der Waals surface area contributed by atoms with Crippen LogP contribution in [-0.4, -0.2) is 24.2 Å². The number of nitrogens with zero attached hydrogens (tertiary/aromatic N) is 3. The summed E-state index contributed by atoms with van der Waals surface area (Å²) in [6.07, 6.45) is 0. The van der Waals surface area contributed by atoms with E-state index in [0.717, 1.165) is 0 Å². The second-order valence-electron chi connectivity index (χ2n) is 2.72. The van der Waals surface area contributed by atoms with Crippen LogP contribution in [0.3, 0.4) is 0 Å². The van der Waals surface area contributed by atoms with Crippen LogP contribution in [0.25, 0.3) is 10.4 Å². The minimum absolute atomic E-state index is 0.0947. The molecule has 0 heterocycles. The highest BCUT2D eigenvalue weighted by atomic mass is 16.3. The van der Waals surface area contributed by atoms with Crippen molar-refractivity contribution in [2.24, 2.45) is 5.11 Å². The van der Waals surface area contributed by atoms with Crippen molar-refractivity contribution in [3.63, 3.8) is 0 Å². The van der Waals surface area contributed by atoms with E-state index in [1.54, 1.807) is 24.3 Å². The summed E-state index contributed by atoms with van der Waals surface area (Å²) in [4.78, 5) is 14.0. The van der Waals surface area contributed by atoms with Crippen LogP contribution in [0.1, 0.15) is 10.4 Å². The lowest BCUT2D eigenvalue weighted by molar-refractivity contribution is 0.0945. The van der Waals surface area contributed by atoms with E-state index in [9.17, 15) is 4.79 Å². The SMILES string of the molecule is [N-]=[N+]=Nc1ccc(C(=O)NCCO)cc1. The lowest BCUT2D eigenvalue weighted by atomic mass is 10.2. The average molecular weight is 206 g/mol. The molecule has 0 radical (unpaired) electrons. The van der Waals surface area contributed by atoms with Crippen LogP contribution in [0.4, 0.5) is 5.69 Å². The maximum Gasteiger partial charge on any atom is 0.251 e. The number of aliphatic hydroxyl groups is 1. The lowest BCUT2D eigenvalue weighted by Crippen LogP contribution is -2.26. The van der Waals surface area contributed by atoms with Gasteiger partial charge in [0, 0.05) is 22.7 Å². The van der Waals surface area contributed by atoms with E-state index in [2.05, 4.69) is 15.3 Å². The van der Waals surface area contributed by atoms with Gasteiger partial charge >= 0.3 is 0 Å². The molecule has 0 spiro atoms. The first kappa shape index (κ1) is 11.0. The molecular weight excluding hydrogens is 196 g/mol. The van der Waals surface area contributed by atoms with Gasteiger partial charge in [-0.2, -0.15) is 0 Å². The molecule has 0 aliphatic carbocycles. The van der Waals surface area contributed by atoms with Gasteiger partial charge in [-0.15, -0.1) is 0 Å². The zero-order valence-corrected chi connectivity index (χ0v) is 7.92. The number of nitrogens with one attached hydrogen (secondary N) is 1. The Kier molecular flexibility index (Phi) is 4.15. The predicted octanol–water partition coefficient (Wildman–Crippen LogP) is 1.35. The van der Waals surface area contributed by atoms with Gasteiger partial charge in [0.15, 0.2) is 0 Å². The van der Waals surface area contributed by atoms with Crippen molar-refractivity contribution in [1.29, 1.82) is 0 Å². The van der Waals surface area contributed by atoms with E-state index < -0.39 is 0 Å². The summed E-state index contributed by atoms with van der Waals surface area (Å²) < 4.78 is 0. The summed E-state index contributed by atoms with van der Waals surface area (Å²) in [6, 6.07) is 6.20. The largest absolute Gasteiger partial charge is 0.395 e. The van der Waals surface area contributed by atoms with Crippen molar-refractivity contribution < 1.29 is 9.90 Å². The highest BCUT2D eigenvalue weighted by Crippen LogP contribution is 2.12. The highest BCUT2D eigenvalue weighted by Gasteiger charge is 2.03. The maximum absolute atomic E-state index is 11.3. The van der Waals surface area contributed by atoms with Gasteiger partial charge in [0.05, 0.1) is 6.61 Å². The minimum Gasteiger partial charge on any atom is -0.395 e. The van der Waals surface area contributed by atoms with Gasteiger partial charge in [-0.05, 0) is 17.7 Å². The maximum atomic E-state index is 11.3. The fourth-order valence-electron chi connectivity index (χ4n) is 1.00. The van der Waals surface area contributed by atoms with Crippen molar-refractivity contribution in [2.75, 3.05) is 13.2 Å². The third-order valence-electron chi connectivity index (χ3n) is 1.69. The predicted molar refractivity (Wildman–Crippen MR) is 54.7 cm³/mol. The first-order valence-electron chi connectivity index (χ1n) is 4.32. The van der Waals surface area contributed by atoms with Crippen LogP contribution in [0.15, 0.2) is 29.4 Å². The summed E-state index contributed by atoms with van der Waals surface area (Å²) in [7, 11) is 0. The van der Waals surface area contributed by atoms with Crippen LogP contribution in [0.5, 0.6) is 0 Å². The number of rotatable bonds is 4. The van der Waals surface area contributed by atoms with Crippen molar-refractivity contribution in [1.82, 2.24) is 5.32 Å². The van der Waals surface area contributed by atoms with Crippen LogP contribution < -0.4 is 5.32 Å². The molecule has 78 valence electrons. The molecular formula is C9H10N4O2. The normalized spacial score (nSPS) is 9.13. The van der Waals surface area contributed by atoms with E-state index in [1.165, 1.54) is 0 Å². The van der Waals surface area contributed by atoms with Crippen LogP contribution in [0.2, 0.25) is 0 Å². The number of hydrogen-bond acceptors (Lipinski definition) is 3. The van der Waals surface area contributed by atoms with Gasteiger partial charge in [-0.25, -0.2) is 0 Å². The summed E-state index contributed by atoms with van der Waals surface area (Å²) in [6.45, 7) is 0.124. The van der Waals surface area contributed by atoms with E-state index >= 15 is 0 Å². The molecule has 0 bridgehead atoms. The van der Waals surface area contributed by atoms with E-state index in [-0.39, 0.29) is 19.1 Å². The Morgan fingerprint density at radius 3 is 2.67 bits per heavy atom. The Hall–Kier alpha value is -2.04. The van der Waals surface area contributed by atoms with Gasteiger partial charge in [-0.1, -0.05) is 17.2 Å². The second-order valence-corrected chi connectivity index (χ2v) is 2.72. The smallest absolute Gasteiger partial charge is 0.251 e.